The van der Waals surface area contributed by atoms with Crippen LogP contribution in [-0.4, -0.2) is 24.6 Å². The molecule has 0 saturated carbocycles. The van der Waals surface area contributed by atoms with Gasteiger partial charge in [-0.2, -0.15) is 0 Å². The Labute approximate surface area is 61.6 Å². The van der Waals surface area contributed by atoms with Gasteiger partial charge in [-0.3, -0.25) is 0 Å². The highest BCUT2D eigenvalue weighted by molar-refractivity contribution is 6.47. The van der Waals surface area contributed by atoms with Gasteiger partial charge in [-0.25, -0.2) is 0 Å². The fourth-order valence-electron chi connectivity index (χ4n) is 0.687. The van der Waals surface area contributed by atoms with Gasteiger partial charge in [0.15, 0.2) is 0 Å². The van der Waals surface area contributed by atoms with Crippen LogP contribution in [0.4, 0.5) is 0 Å². The molecule has 0 bridgehead atoms. The van der Waals surface area contributed by atoms with Gasteiger partial charge in [0.25, 0.3) is 0 Å². The average molecular weight is 164 g/mol. The van der Waals surface area contributed by atoms with Crippen molar-refractivity contribution in [2.45, 2.75) is 32.2 Å². The SMILES string of the molecule is CCCCC[SiH](O)O[SiH3]. The Kier molecular flexibility index (Phi) is 6.73. The van der Waals surface area contributed by atoms with Crippen molar-refractivity contribution in [2.24, 2.45) is 0 Å². The van der Waals surface area contributed by atoms with Gasteiger partial charge in [0, 0.05) is 0 Å². The molecule has 1 unspecified atom stereocenters. The minimum Gasteiger partial charge on any atom is -0.447 e. The van der Waals surface area contributed by atoms with E-state index in [4.69, 9.17) is 8.91 Å². The molecule has 0 spiro atoms. The molecule has 0 aliphatic heterocycles. The molecule has 0 aliphatic rings. The van der Waals surface area contributed by atoms with Gasteiger partial charge < -0.3 is 8.91 Å². The topological polar surface area (TPSA) is 29.5 Å². The van der Waals surface area contributed by atoms with Gasteiger partial charge in [-0.1, -0.05) is 26.2 Å². The van der Waals surface area contributed by atoms with Crippen LogP contribution in [0.2, 0.25) is 6.04 Å². The van der Waals surface area contributed by atoms with Crippen LogP contribution in [0.5, 0.6) is 0 Å². The highest BCUT2D eigenvalue weighted by Gasteiger charge is 2.02. The van der Waals surface area contributed by atoms with Crippen LogP contribution in [-0.2, 0) is 4.12 Å². The summed E-state index contributed by atoms with van der Waals surface area (Å²) in [6.07, 6.45) is 3.60. The van der Waals surface area contributed by atoms with Gasteiger partial charge in [0.2, 0.25) is 0 Å². The first-order chi connectivity index (χ1) is 4.31. The monoisotopic (exact) mass is 164 g/mol. The second-order valence-corrected chi connectivity index (χ2v) is 5.56. The largest absolute Gasteiger partial charge is 0.447 e. The Hall–Kier alpha value is 0.354. The Morgan fingerprint density at radius 3 is 2.67 bits per heavy atom. The van der Waals surface area contributed by atoms with E-state index in [-0.39, 0.29) is 0 Å². The van der Waals surface area contributed by atoms with Gasteiger partial charge in [-0.15, -0.1) is 0 Å². The van der Waals surface area contributed by atoms with Crippen LogP contribution in [0.15, 0.2) is 0 Å². The highest BCUT2D eigenvalue weighted by Crippen LogP contribution is 2.01. The number of hydrogen-bond donors (Lipinski definition) is 1. The molecule has 0 heterocycles. The van der Waals surface area contributed by atoms with E-state index < -0.39 is 9.28 Å². The number of rotatable bonds is 5. The Bertz CT molecular complexity index is 60.9. The lowest BCUT2D eigenvalue weighted by molar-refractivity contribution is 0.431. The van der Waals surface area contributed by atoms with Gasteiger partial charge in [0.05, 0.1) is 0 Å². The predicted molar refractivity (Wildman–Crippen MR) is 44.7 cm³/mol. The maximum absolute atomic E-state index is 9.04. The van der Waals surface area contributed by atoms with Crippen LogP contribution < -0.4 is 0 Å². The fourth-order valence-corrected chi connectivity index (χ4v) is 2.27. The minimum atomic E-state index is -1.65. The maximum atomic E-state index is 9.04. The zero-order valence-electron chi connectivity index (χ0n) is 6.26. The van der Waals surface area contributed by atoms with E-state index in [9.17, 15) is 0 Å². The van der Waals surface area contributed by atoms with Gasteiger partial charge in [0.1, 0.15) is 10.5 Å². The standard InChI is InChI=1S/C5H16O2Si2/c1-2-3-4-5-9(6)7-8/h6,9H,2-5H2,1,8H3. The summed E-state index contributed by atoms with van der Waals surface area (Å²) >= 11 is 0. The zero-order valence-corrected chi connectivity index (χ0v) is 9.42. The Balaban J connectivity index is 2.88. The van der Waals surface area contributed by atoms with Crippen LogP contribution in [0.25, 0.3) is 0 Å². The summed E-state index contributed by atoms with van der Waals surface area (Å²) in [5.41, 5.74) is 0. The van der Waals surface area contributed by atoms with E-state index in [0.717, 1.165) is 12.5 Å². The molecule has 0 aromatic carbocycles. The van der Waals surface area contributed by atoms with E-state index in [0.29, 0.717) is 10.5 Å². The average Bonchev–Trinajstić information content (AvgIpc) is 1.89. The molecular formula is C5H16O2Si2. The molecule has 0 radical (unpaired) electrons. The molecule has 0 rings (SSSR count). The van der Waals surface area contributed by atoms with Gasteiger partial charge in [-0.05, 0) is 6.04 Å². The van der Waals surface area contributed by atoms with Crippen molar-refractivity contribution in [3.63, 3.8) is 0 Å². The van der Waals surface area contributed by atoms with Crippen molar-refractivity contribution in [3.8, 4) is 0 Å². The summed E-state index contributed by atoms with van der Waals surface area (Å²) in [4.78, 5) is 9.04. The Morgan fingerprint density at radius 1 is 1.56 bits per heavy atom. The summed E-state index contributed by atoms with van der Waals surface area (Å²) in [5.74, 6) is 0. The van der Waals surface area contributed by atoms with Crippen molar-refractivity contribution in [2.75, 3.05) is 0 Å². The summed E-state index contributed by atoms with van der Waals surface area (Å²) in [6, 6.07) is 0.942. The van der Waals surface area contributed by atoms with Crippen LogP contribution in [0.1, 0.15) is 26.2 Å². The summed E-state index contributed by atoms with van der Waals surface area (Å²) in [5, 5.41) is 0. The quantitative estimate of drug-likeness (QED) is 0.446. The first kappa shape index (κ1) is 9.35. The molecule has 4 heteroatoms. The molecule has 0 aromatic rings. The smallest absolute Gasteiger partial charge is 0.307 e. The van der Waals surface area contributed by atoms with Crippen LogP contribution in [0.3, 0.4) is 0 Å². The van der Waals surface area contributed by atoms with E-state index in [1.165, 1.54) is 12.8 Å². The minimum absolute atomic E-state index is 0.703. The lowest BCUT2D eigenvalue weighted by Crippen LogP contribution is -2.14. The van der Waals surface area contributed by atoms with Crippen molar-refractivity contribution < 1.29 is 8.91 Å². The van der Waals surface area contributed by atoms with E-state index >= 15 is 0 Å². The molecule has 0 saturated heterocycles. The fraction of sp³-hybridized carbons (Fsp3) is 1.00. The van der Waals surface area contributed by atoms with Crippen molar-refractivity contribution in [3.05, 3.63) is 0 Å². The molecule has 0 amide bonds. The van der Waals surface area contributed by atoms with Crippen molar-refractivity contribution >= 4 is 19.8 Å². The third kappa shape index (κ3) is 6.24. The third-order valence-corrected chi connectivity index (χ3v) is 4.41. The zero-order chi connectivity index (χ0) is 7.11. The normalized spacial score (nSPS) is 14.0. The van der Waals surface area contributed by atoms with Crippen LogP contribution in [0, 0.1) is 0 Å². The molecule has 0 aromatic heterocycles. The Morgan fingerprint density at radius 2 is 2.22 bits per heavy atom. The van der Waals surface area contributed by atoms with Gasteiger partial charge >= 0.3 is 9.28 Å². The molecule has 9 heavy (non-hydrogen) atoms. The van der Waals surface area contributed by atoms with E-state index in [2.05, 4.69) is 6.92 Å². The lowest BCUT2D eigenvalue weighted by atomic mass is 10.3. The summed E-state index contributed by atoms with van der Waals surface area (Å²) < 4.78 is 4.93. The molecule has 0 aliphatic carbocycles. The molecule has 2 nitrogen and oxygen atoms in total. The number of unbranched alkanes of at least 4 members (excludes halogenated alkanes) is 2. The lowest BCUT2D eigenvalue weighted by Gasteiger charge is -2.03. The molecular weight excluding hydrogens is 148 g/mol. The predicted octanol–water partition coefficient (Wildman–Crippen LogP) is -0.314. The second kappa shape index (κ2) is 6.47. The molecule has 0 fully saturated rings. The number of hydrogen-bond acceptors (Lipinski definition) is 2. The first-order valence-electron chi connectivity index (χ1n) is 3.52. The second-order valence-electron chi connectivity index (χ2n) is 2.19. The van der Waals surface area contributed by atoms with E-state index in [1.807, 2.05) is 0 Å². The third-order valence-electron chi connectivity index (χ3n) is 1.33. The van der Waals surface area contributed by atoms with E-state index in [1.54, 1.807) is 0 Å². The molecule has 1 N–H and O–H groups in total. The highest BCUT2D eigenvalue weighted by atomic mass is 28.3. The molecule has 56 valence electrons. The van der Waals surface area contributed by atoms with Crippen LogP contribution >= 0.6 is 0 Å². The maximum Gasteiger partial charge on any atom is 0.307 e. The first-order valence-corrected chi connectivity index (χ1v) is 6.14. The van der Waals surface area contributed by atoms with Crippen molar-refractivity contribution in [1.82, 2.24) is 0 Å². The summed E-state index contributed by atoms with van der Waals surface area (Å²) in [7, 11) is -0.948. The summed E-state index contributed by atoms with van der Waals surface area (Å²) in [6.45, 7) is 2.16. The van der Waals surface area contributed by atoms with Crippen molar-refractivity contribution in [1.29, 1.82) is 0 Å². The molecule has 1 atom stereocenters.